The number of hydrogen-bond acceptors (Lipinski definition) is 3. The Bertz CT molecular complexity index is 810. The highest BCUT2D eigenvalue weighted by atomic mass is 35.5. The Morgan fingerprint density at radius 2 is 1.08 bits per heavy atom. The number of alkyl halides is 1. The summed E-state index contributed by atoms with van der Waals surface area (Å²) in [6.07, 6.45) is 0. The van der Waals surface area contributed by atoms with Gasteiger partial charge in [0.2, 0.25) is 0 Å². The normalized spacial score (nSPS) is 11.4. The largest absolute Gasteiger partial charge is 0.399 e. The second-order valence-corrected chi connectivity index (χ2v) is 6.54. The molecule has 0 saturated carbocycles. The summed E-state index contributed by atoms with van der Waals surface area (Å²) in [4.78, 5) is -0.847. The molecule has 3 rings (SSSR count). The first kappa shape index (κ1) is 16.2. The van der Waals surface area contributed by atoms with Crippen LogP contribution in [0.15, 0.2) is 66.7 Å². The Balaban J connectivity index is 2.25. The summed E-state index contributed by atoms with van der Waals surface area (Å²) in [7, 11) is 0. The van der Waals surface area contributed by atoms with Crippen molar-refractivity contribution in [2.45, 2.75) is 11.8 Å². The molecule has 0 bridgehead atoms. The van der Waals surface area contributed by atoms with E-state index in [9.17, 15) is 0 Å². The molecule has 0 heterocycles. The molecule has 4 heteroatoms. The number of anilines is 3. The maximum absolute atomic E-state index is 7.22. The first-order valence-corrected chi connectivity index (χ1v) is 8.06. The maximum atomic E-state index is 7.22. The van der Waals surface area contributed by atoms with Gasteiger partial charge in [-0.1, -0.05) is 36.4 Å². The smallest absolute Gasteiger partial charge is 0.119 e. The number of hydrogen-bond donors (Lipinski definition) is 3. The van der Waals surface area contributed by atoms with E-state index in [4.69, 9.17) is 28.8 Å². The summed E-state index contributed by atoms with van der Waals surface area (Å²) < 4.78 is 0. The maximum Gasteiger partial charge on any atom is 0.119 e. The minimum atomic E-state index is -0.847. The molecule has 3 aromatic rings. The van der Waals surface area contributed by atoms with Crippen molar-refractivity contribution in [3.63, 3.8) is 0 Å². The zero-order chi connectivity index (χ0) is 17.3. The van der Waals surface area contributed by atoms with E-state index in [1.807, 2.05) is 73.7 Å². The molecule has 0 aliphatic carbocycles. The van der Waals surface area contributed by atoms with Crippen LogP contribution in [0.25, 0.3) is 0 Å². The molecule has 24 heavy (non-hydrogen) atoms. The molecule has 0 unspecified atom stereocenters. The second-order valence-electron chi connectivity index (χ2n) is 5.97. The molecule has 122 valence electrons. The van der Waals surface area contributed by atoms with Crippen LogP contribution in [0, 0.1) is 6.92 Å². The highest BCUT2D eigenvalue weighted by Gasteiger charge is 2.34. The van der Waals surface area contributed by atoms with Gasteiger partial charge in [-0.3, -0.25) is 0 Å². The highest BCUT2D eigenvalue weighted by molar-refractivity contribution is 6.28. The van der Waals surface area contributed by atoms with Crippen LogP contribution >= 0.6 is 11.6 Å². The summed E-state index contributed by atoms with van der Waals surface area (Å²) in [6.45, 7) is 1.97. The molecule has 6 N–H and O–H groups in total. The average Bonchev–Trinajstić information content (AvgIpc) is 2.58. The summed E-state index contributed by atoms with van der Waals surface area (Å²) in [6, 6.07) is 21.1. The van der Waals surface area contributed by atoms with Crippen molar-refractivity contribution in [2.24, 2.45) is 0 Å². The predicted octanol–water partition coefficient (Wildman–Crippen LogP) is 4.27. The van der Waals surface area contributed by atoms with E-state index in [1.165, 1.54) is 0 Å². The van der Waals surface area contributed by atoms with Crippen LogP contribution < -0.4 is 17.2 Å². The van der Waals surface area contributed by atoms with E-state index in [0.717, 1.165) is 27.9 Å². The number of aryl methyl sites for hydroxylation is 1. The van der Waals surface area contributed by atoms with Crippen molar-refractivity contribution in [1.82, 2.24) is 0 Å². The highest BCUT2D eigenvalue weighted by Crippen LogP contribution is 2.44. The van der Waals surface area contributed by atoms with Gasteiger partial charge in [-0.2, -0.15) is 0 Å². The van der Waals surface area contributed by atoms with Crippen LogP contribution in [0.4, 0.5) is 17.1 Å². The van der Waals surface area contributed by atoms with Gasteiger partial charge < -0.3 is 17.2 Å². The number of halogens is 1. The standard InChI is InChI=1S/C20H20ClN3/c1-13-12-16(6-11-19(13)24)20(21,14-2-7-17(22)8-3-14)15-4-9-18(23)10-5-15/h2-12H,22-24H2,1H3. The zero-order valence-corrected chi connectivity index (χ0v) is 14.2. The number of nitrogens with two attached hydrogens (primary N) is 3. The lowest BCUT2D eigenvalue weighted by atomic mass is 9.83. The number of benzene rings is 3. The van der Waals surface area contributed by atoms with E-state index < -0.39 is 4.87 Å². The Kier molecular flexibility index (Phi) is 4.12. The van der Waals surface area contributed by atoms with Gasteiger partial charge in [0.15, 0.2) is 0 Å². The van der Waals surface area contributed by atoms with E-state index in [1.54, 1.807) is 0 Å². The second kappa shape index (κ2) is 6.10. The summed E-state index contributed by atoms with van der Waals surface area (Å²) in [5, 5.41) is 0. The number of nitrogen functional groups attached to an aromatic ring is 3. The van der Waals surface area contributed by atoms with Crippen molar-refractivity contribution >= 4 is 28.7 Å². The van der Waals surface area contributed by atoms with E-state index >= 15 is 0 Å². The Morgan fingerprint density at radius 1 is 0.667 bits per heavy atom. The third-order valence-corrected chi connectivity index (χ3v) is 4.94. The van der Waals surface area contributed by atoms with Gasteiger partial charge in [0.25, 0.3) is 0 Å². The summed E-state index contributed by atoms with van der Waals surface area (Å²) in [5.74, 6) is 0. The fourth-order valence-electron chi connectivity index (χ4n) is 2.82. The van der Waals surface area contributed by atoms with Crippen molar-refractivity contribution < 1.29 is 0 Å². The van der Waals surface area contributed by atoms with Gasteiger partial charge >= 0.3 is 0 Å². The predicted molar refractivity (Wildman–Crippen MR) is 103 cm³/mol. The van der Waals surface area contributed by atoms with Gasteiger partial charge in [0, 0.05) is 17.1 Å². The molecule has 0 atom stereocenters. The quantitative estimate of drug-likeness (QED) is 0.379. The monoisotopic (exact) mass is 337 g/mol. The Morgan fingerprint density at radius 3 is 1.50 bits per heavy atom. The molecule has 0 aliphatic heterocycles. The molecule has 0 fully saturated rings. The van der Waals surface area contributed by atoms with Gasteiger partial charge in [-0.25, -0.2) is 0 Å². The van der Waals surface area contributed by atoms with Crippen LogP contribution in [0.5, 0.6) is 0 Å². The molecule has 3 aromatic carbocycles. The van der Waals surface area contributed by atoms with Crippen molar-refractivity contribution in [3.05, 3.63) is 89.0 Å². The third-order valence-electron chi connectivity index (χ3n) is 4.28. The van der Waals surface area contributed by atoms with Crippen LogP contribution in [-0.4, -0.2) is 0 Å². The first-order chi connectivity index (χ1) is 11.4. The molecule has 0 saturated heterocycles. The number of rotatable bonds is 3. The van der Waals surface area contributed by atoms with Crippen molar-refractivity contribution in [2.75, 3.05) is 17.2 Å². The lowest BCUT2D eigenvalue weighted by molar-refractivity contribution is 0.878. The van der Waals surface area contributed by atoms with Crippen molar-refractivity contribution in [3.8, 4) is 0 Å². The summed E-state index contributed by atoms with van der Waals surface area (Å²) >= 11 is 7.22. The minimum absolute atomic E-state index is 0.698. The molecule has 0 radical (unpaired) electrons. The van der Waals surface area contributed by atoms with Gasteiger partial charge in [0.1, 0.15) is 4.87 Å². The minimum Gasteiger partial charge on any atom is -0.399 e. The van der Waals surface area contributed by atoms with Gasteiger partial charge in [0.05, 0.1) is 0 Å². The fraction of sp³-hybridized carbons (Fsp3) is 0.100. The van der Waals surface area contributed by atoms with E-state index in [2.05, 4.69) is 0 Å². The first-order valence-electron chi connectivity index (χ1n) is 7.69. The van der Waals surface area contributed by atoms with Crippen LogP contribution in [0.2, 0.25) is 0 Å². The lowest BCUT2D eigenvalue weighted by Gasteiger charge is -2.30. The van der Waals surface area contributed by atoms with Crippen LogP contribution in [0.1, 0.15) is 22.3 Å². The zero-order valence-electron chi connectivity index (χ0n) is 13.5. The lowest BCUT2D eigenvalue weighted by Crippen LogP contribution is -2.22. The third kappa shape index (κ3) is 2.79. The summed E-state index contributed by atoms with van der Waals surface area (Å²) in [5.41, 5.74) is 23.6. The van der Waals surface area contributed by atoms with Crippen LogP contribution in [0.3, 0.4) is 0 Å². The van der Waals surface area contributed by atoms with E-state index in [-0.39, 0.29) is 0 Å². The molecular weight excluding hydrogens is 318 g/mol. The Hall–Kier alpha value is -2.65. The molecule has 0 spiro atoms. The van der Waals surface area contributed by atoms with Gasteiger partial charge in [-0.05, 0) is 59.5 Å². The SMILES string of the molecule is Cc1cc(C(Cl)(c2ccc(N)cc2)c2ccc(N)cc2)ccc1N. The van der Waals surface area contributed by atoms with Crippen molar-refractivity contribution in [1.29, 1.82) is 0 Å². The molecule has 0 aliphatic rings. The molecule has 0 amide bonds. The Labute approximate surface area is 147 Å². The topological polar surface area (TPSA) is 78.1 Å². The van der Waals surface area contributed by atoms with E-state index in [0.29, 0.717) is 11.4 Å². The molecule has 3 nitrogen and oxygen atoms in total. The fourth-order valence-corrected chi connectivity index (χ4v) is 3.19. The van der Waals surface area contributed by atoms with Gasteiger partial charge in [-0.15, -0.1) is 11.6 Å². The average molecular weight is 338 g/mol. The van der Waals surface area contributed by atoms with Crippen LogP contribution in [-0.2, 0) is 4.87 Å². The molecular formula is C20H20ClN3. The molecule has 0 aromatic heterocycles.